The van der Waals surface area contributed by atoms with Crippen LogP contribution in [0.3, 0.4) is 0 Å². The summed E-state index contributed by atoms with van der Waals surface area (Å²) in [6.45, 7) is 0.618. The first-order chi connectivity index (χ1) is 8.63. The molecule has 1 aromatic carbocycles. The summed E-state index contributed by atoms with van der Waals surface area (Å²) in [5.74, 6) is 0.513. The van der Waals surface area contributed by atoms with E-state index in [1.54, 1.807) is 22.5 Å². The maximum Gasteiger partial charge on any atom is 0.244 e. The number of benzene rings is 1. The third kappa shape index (κ3) is 1.64. The average Bonchev–Trinajstić information content (AvgIpc) is 3.01. The first-order valence-corrected chi connectivity index (χ1v) is 7.58. The fourth-order valence-corrected chi connectivity index (χ4v) is 4.97. The molecule has 0 aromatic heterocycles. The van der Waals surface area contributed by atoms with E-state index < -0.39 is 10.0 Å². The molecule has 5 heteroatoms. The molecule has 2 atom stereocenters. The number of hydrogen-bond acceptors (Lipinski definition) is 3. The van der Waals surface area contributed by atoms with Gasteiger partial charge in [0.05, 0.1) is 10.5 Å². The number of sulfonamides is 1. The number of fused-ring (bicyclic) bond motifs is 2. The Morgan fingerprint density at radius 2 is 2.06 bits per heavy atom. The molecule has 2 aliphatic rings. The van der Waals surface area contributed by atoms with Crippen molar-refractivity contribution in [1.29, 1.82) is 5.26 Å². The van der Waals surface area contributed by atoms with Gasteiger partial charge in [0.15, 0.2) is 0 Å². The molecule has 0 radical (unpaired) electrons. The fraction of sp³-hybridized carbons (Fsp3) is 0.462. The highest BCUT2D eigenvalue weighted by molar-refractivity contribution is 7.89. The third-order valence-corrected chi connectivity index (χ3v) is 5.93. The summed E-state index contributed by atoms with van der Waals surface area (Å²) >= 11 is 0. The topological polar surface area (TPSA) is 61.2 Å². The lowest BCUT2D eigenvalue weighted by Gasteiger charge is -2.26. The zero-order valence-electron chi connectivity index (χ0n) is 9.91. The van der Waals surface area contributed by atoms with Crippen molar-refractivity contribution in [2.24, 2.45) is 5.92 Å². The lowest BCUT2D eigenvalue weighted by molar-refractivity contribution is 0.333. The fourth-order valence-electron chi connectivity index (χ4n) is 3.08. The first kappa shape index (κ1) is 11.7. The van der Waals surface area contributed by atoms with Crippen LogP contribution in [-0.4, -0.2) is 25.3 Å². The molecule has 1 aliphatic heterocycles. The van der Waals surface area contributed by atoms with E-state index in [0.717, 1.165) is 19.3 Å². The summed E-state index contributed by atoms with van der Waals surface area (Å²) in [4.78, 5) is 0.153. The number of rotatable bonds is 2. The van der Waals surface area contributed by atoms with Crippen molar-refractivity contribution in [2.45, 2.75) is 30.2 Å². The van der Waals surface area contributed by atoms with Gasteiger partial charge in [-0.15, -0.1) is 0 Å². The number of hydrogen-bond donors (Lipinski definition) is 0. The monoisotopic (exact) mass is 262 g/mol. The van der Waals surface area contributed by atoms with Crippen molar-refractivity contribution in [1.82, 2.24) is 4.31 Å². The summed E-state index contributed by atoms with van der Waals surface area (Å²) in [5.41, 5.74) is 0.236. The molecule has 18 heavy (non-hydrogen) atoms. The van der Waals surface area contributed by atoms with Crippen molar-refractivity contribution in [3.63, 3.8) is 0 Å². The van der Waals surface area contributed by atoms with E-state index in [2.05, 4.69) is 0 Å². The Balaban J connectivity index is 2.03. The highest BCUT2D eigenvalue weighted by Crippen LogP contribution is 2.40. The number of nitrogens with zero attached hydrogens (tertiary/aromatic N) is 2. The molecule has 2 bridgehead atoms. The van der Waals surface area contributed by atoms with Gasteiger partial charge < -0.3 is 0 Å². The molecule has 0 spiro atoms. The molecule has 1 aromatic rings. The molecule has 0 N–H and O–H groups in total. The molecule has 3 rings (SSSR count). The van der Waals surface area contributed by atoms with E-state index in [-0.39, 0.29) is 16.5 Å². The Kier molecular flexibility index (Phi) is 2.65. The van der Waals surface area contributed by atoms with Gasteiger partial charge in [-0.1, -0.05) is 12.1 Å². The molecule has 4 nitrogen and oxygen atoms in total. The highest BCUT2D eigenvalue weighted by Gasteiger charge is 2.44. The van der Waals surface area contributed by atoms with Crippen LogP contribution in [0.4, 0.5) is 0 Å². The van der Waals surface area contributed by atoms with Crippen molar-refractivity contribution < 1.29 is 8.42 Å². The standard InChI is InChI=1S/C13H14N2O2S/c14-8-11-3-1-2-4-13(11)18(16,17)15-9-10-5-6-12(15)7-10/h1-4,10,12H,5-7,9H2. The van der Waals surface area contributed by atoms with Gasteiger partial charge in [-0.2, -0.15) is 9.57 Å². The van der Waals surface area contributed by atoms with E-state index in [0.29, 0.717) is 12.5 Å². The SMILES string of the molecule is N#Cc1ccccc1S(=O)(=O)N1CC2CCC1C2. The Labute approximate surface area is 107 Å². The lowest BCUT2D eigenvalue weighted by Crippen LogP contribution is -2.37. The van der Waals surface area contributed by atoms with Crippen LogP contribution in [0.2, 0.25) is 0 Å². The largest absolute Gasteiger partial charge is 0.244 e. The number of piperidine rings is 1. The molecule has 1 saturated carbocycles. The van der Waals surface area contributed by atoms with E-state index >= 15 is 0 Å². The van der Waals surface area contributed by atoms with Gasteiger partial charge in [-0.05, 0) is 37.3 Å². The van der Waals surface area contributed by atoms with Crippen molar-refractivity contribution in [3.8, 4) is 6.07 Å². The van der Waals surface area contributed by atoms with Gasteiger partial charge in [0.2, 0.25) is 10.0 Å². The summed E-state index contributed by atoms with van der Waals surface area (Å²) < 4.78 is 26.8. The Hall–Kier alpha value is -1.38. The Bertz CT molecular complexity index is 618. The summed E-state index contributed by atoms with van der Waals surface area (Å²) in [7, 11) is -3.50. The predicted octanol–water partition coefficient (Wildman–Crippen LogP) is 1.73. The van der Waals surface area contributed by atoms with Crippen LogP contribution in [0.25, 0.3) is 0 Å². The second-order valence-electron chi connectivity index (χ2n) is 5.02. The van der Waals surface area contributed by atoms with Crippen molar-refractivity contribution in [2.75, 3.05) is 6.54 Å². The van der Waals surface area contributed by atoms with Crippen LogP contribution >= 0.6 is 0 Å². The summed E-state index contributed by atoms with van der Waals surface area (Å²) in [6, 6.07) is 8.55. The molecule has 2 unspecified atom stereocenters. The highest BCUT2D eigenvalue weighted by atomic mass is 32.2. The van der Waals surface area contributed by atoms with Gasteiger partial charge in [-0.25, -0.2) is 8.42 Å². The molecular weight excluding hydrogens is 248 g/mol. The van der Waals surface area contributed by atoms with E-state index in [1.165, 1.54) is 6.07 Å². The molecular formula is C13H14N2O2S. The zero-order chi connectivity index (χ0) is 12.8. The minimum atomic E-state index is -3.50. The first-order valence-electron chi connectivity index (χ1n) is 6.14. The van der Waals surface area contributed by atoms with Crippen LogP contribution in [-0.2, 0) is 10.0 Å². The molecule has 94 valence electrons. The zero-order valence-corrected chi connectivity index (χ0v) is 10.7. The van der Waals surface area contributed by atoms with Crippen molar-refractivity contribution >= 4 is 10.0 Å². The van der Waals surface area contributed by atoms with E-state index in [1.807, 2.05) is 6.07 Å². The van der Waals surface area contributed by atoms with Gasteiger partial charge in [0.1, 0.15) is 6.07 Å². The van der Waals surface area contributed by atoms with Gasteiger partial charge in [0.25, 0.3) is 0 Å². The third-order valence-electron chi connectivity index (χ3n) is 3.95. The van der Waals surface area contributed by atoms with Crippen molar-refractivity contribution in [3.05, 3.63) is 29.8 Å². The van der Waals surface area contributed by atoms with Gasteiger partial charge in [-0.3, -0.25) is 0 Å². The Morgan fingerprint density at radius 3 is 2.67 bits per heavy atom. The van der Waals surface area contributed by atoms with Crippen LogP contribution in [0, 0.1) is 17.2 Å². The van der Waals surface area contributed by atoms with Gasteiger partial charge in [0, 0.05) is 12.6 Å². The summed E-state index contributed by atoms with van der Waals surface area (Å²) in [6.07, 6.45) is 3.07. The van der Waals surface area contributed by atoms with Crippen LogP contribution in [0.5, 0.6) is 0 Å². The number of nitriles is 1. The second-order valence-corrected chi connectivity index (χ2v) is 6.87. The molecule has 2 fully saturated rings. The quantitative estimate of drug-likeness (QED) is 0.815. The normalized spacial score (nSPS) is 27.3. The van der Waals surface area contributed by atoms with Crippen LogP contribution < -0.4 is 0 Å². The van der Waals surface area contributed by atoms with Crippen LogP contribution in [0.15, 0.2) is 29.2 Å². The van der Waals surface area contributed by atoms with E-state index in [9.17, 15) is 8.42 Å². The Morgan fingerprint density at radius 1 is 1.28 bits per heavy atom. The smallest absolute Gasteiger partial charge is 0.207 e. The molecule has 1 heterocycles. The van der Waals surface area contributed by atoms with Crippen LogP contribution in [0.1, 0.15) is 24.8 Å². The predicted molar refractivity (Wildman–Crippen MR) is 66.2 cm³/mol. The maximum absolute atomic E-state index is 12.6. The van der Waals surface area contributed by atoms with E-state index in [4.69, 9.17) is 5.26 Å². The second kappa shape index (κ2) is 4.08. The molecule has 0 amide bonds. The molecule has 1 aliphatic carbocycles. The minimum Gasteiger partial charge on any atom is -0.207 e. The average molecular weight is 262 g/mol. The maximum atomic E-state index is 12.6. The minimum absolute atomic E-state index is 0.145. The lowest BCUT2D eigenvalue weighted by atomic mass is 10.1. The summed E-state index contributed by atoms with van der Waals surface area (Å²) in [5, 5.41) is 9.02. The molecule has 1 saturated heterocycles. The van der Waals surface area contributed by atoms with Gasteiger partial charge >= 0.3 is 0 Å².